The molecule has 0 aromatic heterocycles. The Bertz CT molecular complexity index is 575. The molecule has 0 saturated carbocycles. The molecule has 0 aliphatic rings. The van der Waals surface area contributed by atoms with Crippen molar-refractivity contribution in [2.24, 2.45) is 0 Å². The van der Waals surface area contributed by atoms with Crippen LogP contribution in [0.4, 0.5) is 5.69 Å². The first-order valence-electron chi connectivity index (χ1n) is 10.6. The monoisotopic (exact) mass is 339 g/mol. The fourth-order valence-corrected chi connectivity index (χ4v) is 3.50. The quantitative estimate of drug-likeness (QED) is 0.344. The molecule has 1 heteroatoms. The topological polar surface area (TPSA) is 12.0 Å². The lowest BCUT2D eigenvalue weighted by molar-refractivity contribution is 0.546. The number of rotatable bonds is 14. The molecule has 0 radical (unpaired) electrons. The molecule has 0 atom stereocenters. The maximum Gasteiger partial charge on any atom is 0.0346 e. The summed E-state index contributed by atoms with van der Waals surface area (Å²) >= 11 is 0. The maximum absolute atomic E-state index is 3.57. The first-order chi connectivity index (χ1) is 12.4. The summed E-state index contributed by atoms with van der Waals surface area (Å²) < 4.78 is 0. The number of benzene rings is 2. The van der Waals surface area contributed by atoms with Gasteiger partial charge in [0.15, 0.2) is 0 Å². The lowest BCUT2D eigenvalue weighted by Gasteiger charge is -2.08. The van der Waals surface area contributed by atoms with Gasteiger partial charge >= 0.3 is 0 Å². The van der Waals surface area contributed by atoms with Crippen molar-refractivity contribution in [1.29, 1.82) is 0 Å². The molecule has 2 aromatic rings. The molecule has 0 unspecified atom stereocenters. The van der Waals surface area contributed by atoms with Crippen LogP contribution in [-0.2, 0) is 0 Å². The summed E-state index contributed by atoms with van der Waals surface area (Å²) in [5, 5.41) is 6.21. The summed E-state index contributed by atoms with van der Waals surface area (Å²) in [5.41, 5.74) is 1.25. The van der Waals surface area contributed by atoms with Crippen LogP contribution in [0.5, 0.6) is 0 Å². The molecule has 138 valence electrons. The van der Waals surface area contributed by atoms with Crippen molar-refractivity contribution in [3.8, 4) is 0 Å². The van der Waals surface area contributed by atoms with E-state index in [0.717, 1.165) is 6.54 Å². The highest BCUT2D eigenvalue weighted by Gasteiger charge is 1.96. The van der Waals surface area contributed by atoms with Gasteiger partial charge in [0.05, 0.1) is 0 Å². The second-order valence-electron chi connectivity index (χ2n) is 7.38. The average molecular weight is 340 g/mol. The van der Waals surface area contributed by atoms with Gasteiger partial charge in [0.25, 0.3) is 0 Å². The summed E-state index contributed by atoms with van der Waals surface area (Å²) in [7, 11) is 0. The van der Waals surface area contributed by atoms with E-state index in [-0.39, 0.29) is 0 Å². The molecule has 0 bridgehead atoms. The lowest BCUT2D eigenvalue weighted by atomic mass is 10.1. The van der Waals surface area contributed by atoms with Crippen LogP contribution in [0.25, 0.3) is 10.8 Å². The number of anilines is 1. The highest BCUT2D eigenvalue weighted by molar-refractivity contribution is 5.85. The predicted octanol–water partition coefficient (Wildman–Crippen LogP) is 7.95. The standard InChI is InChI=1S/C24H37N/c1-2-3-4-5-6-7-8-9-10-11-12-15-20-25-24-19-18-22-16-13-14-17-23(22)21-24/h13-14,16-19,21,25H,2-12,15,20H2,1H3. The van der Waals surface area contributed by atoms with Crippen molar-refractivity contribution in [2.75, 3.05) is 11.9 Å². The Morgan fingerprint density at radius 1 is 0.600 bits per heavy atom. The zero-order valence-corrected chi connectivity index (χ0v) is 16.2. The van der Waals surface area contributed by atoms with E-state index < -0.39 is 0 Å². The van der Waals surface area contributed by atoms with Crippen molar-refractivity contribution < 1.29 is 0 Å². The first kappa shape index (κ1) is 19.8. The molecule has 0 amide bonds. The third-order valence-corrected chi connectivity index (χ3v) is 5.11. The number of fused-ring (bicyclic) bond motifs is 1. The third-order valence-electron chi connectivity index (χ3n) is 5.11. The molecule has 2 rings (SSSR count). The van der Waals surface area contributed by atoms with E-state index in [2.05, 4.69) is 54.7 Å². The number of unbranched alkanes of at least 4 members (excludes halogenated alkanes) is 11. The maximum atomic E-state index is 3.57. The number of hydrogen-bond acceptors (Lipinski definition) is 1. The van der Waals surface area contributed by atoms with Gasteiger partial charge in [-0.05, 0) is 29.3 Å². The Hall–Kier alpha value is -1.50. The zero-order chi connectivity index (χ0) is 17.6. The van der Waals surface area contributed by atoms with Crippen molar-refractivity contribution in [1.82, 2.24) is 0 Å². The van der Waals surface area contributed by atoms with Crippen molar-refractivity contribution >= 4 is 16.5 Å². The smallest absolute Gasteiger partial charge is 0.0346 e. The average Bonchev–Trinajstić information content (AvgIpc) is 2.65. The fraction of sp³-hybridized carbons (Fsp3) is 0.583. The summed E-state index contributed by atoms with van der Waals surface area (Å²) in [6, 6.07) is 15.2. The second-order valence-corrected chi connectivity index (χ2v) is 7.38. The number of hydrogen-bond donors (Lipinski definition) is 1. The second kappa shape index (κ2) is 12.8. The van der Waals surface area contributed by atoms with E-state index >= 15 is 0 Å². The van der Waals surface area contributed by atoms with E-state index in [1.807, 2.05) is 0 Å². The van der Waals surface area contributed by atoms with Crippen molar-refractivity contribution in [3.05, 3.63) is 42.5 Å². The molecule has 0 spiro atoms. The largest absolute Gasteiger partial charge is 0.385 e. The molecular formula is C24H37N. The molecule has 1 nitrogen and oxygen atoms in total. The van der Waals surface area contributed by atoms with Crippen LogP contribution in [0, 0.1) is 0 Å². The Morgan fingerprint density at radius 2 is 1.16 bits per heavy atom. The van der Waals surface area contributed by atoms with E-state index in [9.17, 15) is 0 Å². The van der Waals surface area contributed by atoms with Gasteiger partial charge in [0, 0.05) is 12.2 Å². The van der Waals surface area contributed by atoms with Crippen LogP contribution in [0.3, 0.4) is 0 Å². The minimum atomic E-state index is 1.09. The lowest BCUT2D eigenvalue weighted by Crippen LogP contribution is -2.01. The summed E-state index contributed by atoms with van der Waals surface area (Å²) in [6.45, 7) is 3.38. The molecule has 0 heterocycles. The Balaban J connectivity index is 1.43. The van der Waals surface area contributed by atoms with Gasteiger partial charge < -0.3 is 5.32 Å². The molecule has 0 fully saturated rings. The van der Waals surface area contributed by atoms with Crippen molar-refractivity contribution in [2.45, 2.75) is 84.0 Å². The molecular weight excluding hydrogens is 302 g/mol. The van der Waals surface area contributed by atoms with Crippen LogP contribution < -0.4 is 5.32 Å². The van der Waals surface area contributed by atoms with E-state index in [1.54, 1.807) is 0 Å². The SMILES string of the molecule is CCCCCCCCCCCCCCNc1ccc2ccccc2c1. The van der Waals surface area contributed by atoms with E-state index in [1.165, 1.54) is 93.5 Å². The van der Waals surface area contributed by atoms with Gasteiger partial charge in [0.2, 0.25) is 0 Å². The predicted molar refractivity (Wildman–Crippen MR) is 114 cm³/mol. The highest BCUT2D eigenvalue weighted by Crippen LogP contribution is 2.19. The molecule has 0 saturated heterocycles. The molecule has 1 N–H and O–H groups in total. The minimum Gasteiger partial charge on any atom is -0.385 e. The van der Waals surface area contributed by atoms with Crippen LogP contribution in [-0.4, -0.2) is 6.54 Å². The van der Waals surface area contributed by atoms with Crippen LogP contribution in [0.1, 0.15) is 84.0 Å². The van der Waals surface area contributed by atoms with Gasteiger partial charge in [-0.2, -0.15) is 0 Å². The van der Waals surface area contributed by atoms with Crippen molar-refractivity contribution in [3.63, 3.8) is 0 Å². The highest BCUT2D eigenvalue weighted by atomic mass is 14.9. The summed E-state index contributed by atoms with van der Waals surface area (Å²) in [4.78, 5) is 0. The zero-order valence-electron chi connectivity index (χ0n) is 16.2. The van der Waals surface area contributed by atoms with Gasteiger partial charge in [-0.15, -0.1) is 0 Å². The summed E-state index contributed by atoms with van der Waals surface area (Å²) in [5.74, 6) is 0. The third kappa shape index (κ3) is 8.43. The Morgan fingerprint density at radius 3 is 1.80 bits per heavy atom. The molecule has 0 aliphatic carbocycles. The van der Waals surface area contributed by atoms with E-state index in [0.29, 0.717) is 0 Å². The fourth-order valence-electron chi connectivity index (χ4n) is 3.50. The van der Waals surface area contributed by atoms with Gasteiger partial charge in [-0.1, -0.05) is 108 Å². The first-order valence-corrected chi connectivity index (χ1v) is 10.6. The summed E-state index contributed by atoms with van der Waals surface area (Å²) in [6.07, 6.45) is 16.9. The number of nitrogens with one attached hydrogen (secondary N) is 1. The Kier molecular flexibility index (Phi) is 10.2. The normalized spacial score (nSPS) is 11.1. The molecule has 2 aromatic carbocycles. The van der Waals surface area contributed by atoms with E-state index in [4.69, 9.17) is 0 Å². The molecule has 25 heavy (non-hydrogen) atoms. The van der Waals surface area contributed by atoms with Crippen LogP contribution >= 0.6 is 0 Å². The minimum absolute atomic E-state index is 1.09. The Labute approximate surface area is 155 Å². The van der Waals surface area contributed by atoms with Crippen LogP contribution in [0.15, 0.2) is 42.5 Å². The van der Waals surface area contributed by atoms with Crippen LogP contribution in [0.2, 0.25) is 0 Å². The molecule has 0 aliphatic heterocycles. The van der Waals surface area contributed by atoms with Gasteiger partial charge in [0.1, 0.15) is 0 Å². The van der Waals surface area contributed by atoms with Gasteiger partial charge in [-0.3, -0.25) is 0 Å². The van der Waals surface area contributed by atoms with Gasteiger partial charge in [-0.25, -0.2) is 0 Å².